The van der Waals surface area contributed by atoms with Crippen LogP contribution in [0.4, 0.5) is 0 Å². The minimum atomic E-state index is 0. The Kier molecular flexibility index (Phi) is 7.48. The number of alkyl halides is 1. The van der Waals surface area contributed by atoms with Crippen LogP contribution in [0, 0.1) is 0 Å². The van der Waals surface area contributed by atoms with Crippen molar-refractivity contribution in [2.45, 2.75) is 13.5 Å². The smallest absolute Gasteiger partial charge is 0.0240 e. The molecule has 0 spiro atoms. The number of benzene rings is 2. The van der Waals surface area contributed by atoms with Crippen molar-refractivity contribution in [3.05, 3.63) is 48.0 Å². The molecule has 0 atom stereocenters. The van der Waals surface area contributed by atoms with Crippen molar-refractivity contribution in [2.24, 2.45) is 0 Å². The molecule has 0 heterocycles. The van der Waals surface area contributed by atoms with Crippen molar-refractivity contribution in [3.63, 3.8) is 0 Å². The van der Waals surface area contributed by atoms with Crippen molar-refractivity contribution >= 4 is 57.3 Å². The van der Waals surface area contributed by atoms with Gasteiger partial charge < -0.3 is 0 Å². The third-order valence-electron chi connectivity index (χ3n) is 3.12. The largest absolute Gasteiger partial charge is 0.299 e. The van der Waals surface area contributed by atoms with Gasteiger partial charge in [0.15, 0.2) is 0 Å². The van der Waals surface area contributed by atoms with E-state index in [-0.39, 0.29) is 24.0 Å². The molecular weight excluding hydrogens is 448 g/mol. The van der Waals surface area contributed by atoms with Gasteiger partial charge in [0.1, 0.15) is 0 Å². The number of hydrogen-bond donors (Lipinski definition) is 0. The molecule has 18 heavy (non-hydrogen) atoms. The summed E-state index contributed by atoms with van der Waals surface area (Å²) >= 11 is 2.45. The van der Waals surface area contributed by atoms with Crippen LogP contribution < -0.4 is 0 Å². The van der Waals surface area contributed by atoms with E-state index in [1.54, 1.807) is 0 Å². The predicted molar refractivity (Wildman–Crippen MR) is 99.2 cm³/mol. The van der Waals surface area contributed by atoms with E-state index < -0.39 is 0 Å². The average molecular weight is 467 g/mol. The van der Waals surface area contributed by atoms with Gasteiger partial charge in [0.05, 0.1) is 0 Å². The standard InChI is InChI=1S/C15H18IN.HI/c1-2-17(11-10-16)12-14-8-5-7-13-6-3-4-9-15(13)14;/h3-9H,2,10-12H2,1H3;1H. The van der Waals surface area contributed by atoms with Gasteiger partial charge in [-0.05, 0) is 22.9 Å². The summed E-state index contributed by atoms with van der Waals surface area (Å²) in [7, 11) is 0. The molecule has 0 aliphatic heterocycles. The van der Waals surface area contributed by atoms with E-state index in [1.165, 1.54) is 27.3 Å². The molecule has 2 aromatic rings. The maximum absolute atomic E-state index is 2.49. The van der Waals surface area contributed by atoms with Crippen LogP contribution in [-0.4, -0.2) is 22.4 Å². The van der Waals surface area contributed by atoms with E-state index in [4.69, 9.17) is 0 Å². The minimum Gasteiger partial charge on any atom is -0.299 e. The summed E-state index contributed by atoms with van der Waals surface area (Å²) in [5, 5.41) is 2.73. The molecule has 0 unspecified atom stereocenters. The molecule has 0 aromatic heterocycles. The van der Waals surface area contributed by atoms with Crippen LogP contribution in [0.25, 0.3) is 10.8 Å². The minimum absolute atomic E-state index is 0. The van der Waals surface area contributed by atoms with Gasteiger partial charge >= 0.3 is 0 Å². The summed E-state index contributed by atoms with van der Waals surface area (Å²) in [6.07, 6.45) is 0. The fraction of sp³-hybridized carbons (Fsp3) is 0.333. The third-order valence-corrected chi connectivity index (χ3v) is 3.60. The first-order chi connectivity index (χ1) is 8.35. The zero-order valence-electron chi connectivity index (χ0n) is 10.6. The first-order valence-electron chi connectivity index (χ1n) is 6.10. The van der Waals surface area contributed by atoms with E-state index in [1.807, 2.05) is 0 Å². The van der Waals surface area contributed by atoms with Gasteiger partial charge in [-0.1, -0.05) is 72.0 Å². The highest BCUT2D eigenvalue weighted by Crippen LogP contribution is 2.19. The van der Waals surface area contributed by atoms with Crippen molar-refractivity contribution in [2.75, 3.05) is 17.5 Å². The molecule has 98 valence electrons. The van der Waals surface area contributed by atoms with Gasteiger partial charge in [0, 0.05) is 17.5 Å². The molecule has 0 aliphatic rings. The summed E-state index contributed by atoms with van der Waals surface area (Å²) in [4.78, 5) is 2.49. The highest BCUT2D eigenvalue weighted by atomic mass is 127. The van der Waals surface area contributed by atoms with Crippen molar-refractivity contribution in [3.8, 4) is 0 Å². The van der Waals surface area contributed by atoms with Gasteiger partial charge in [-0.25, -0.2) is 0 Å². The summed E-state index contributed by atoms with van der Waals surface area (Å²) in [5.41, 5.74) is 1.44. The lowest BCUT2D eigenvalue weighted by molar-refractivity contribution is 0.301. The Labute approximate surface area is 140 Å². The van der Waals surface area contributed by atoms with Crippen molar-refractivity contribution in [1.29, 1.82) is 0 Å². The van der Waals surface area contributed by atoms with Crippen molar-refractivity contribution in [1.82, 2.24) is 4.90 Å². The maximum Gasteiger partial charge on any atom is 0.0240 e. The van der Waals surface area contributed by atoms with Gasteiger partial charge in [-0.15, -0.1) is 24.0 Å². The highest BCUT2D eigenvalue weighted by molar-refractivity contribution is 14.1. The Balaban J connectivity index is 0.00000162. The highest BCUT2D eigenvalue weighted by Gasteiger charge is 2.05. The van der Waals surface area contributed by atoms with E-state index in [9.17, 15) is 0 Å². The lowest BCUT2D eigenvalue weighted by Crippen LogP contribution is -2.24. The number of fused-ring (bicyclic) bond motifs is 1. The second kappa shape index (κ2) is 8.32. The molecule has 0 saturated heterocycles. The normalized spacial score (nSPS) is 10.6. The van der Waals surface area contributed by atoms with E-state index in [0.29, 0.717) is 0 Å². The van der Waals surface area contributed by atoms with E-state index in [0.717, 1.165) is 13.1 Å². The predicted octanol–water partition coefficient (Wildman–Crippen LogP) is 4.71. The third kappa shape index (κ3) is 4.06. The van der Waals surface area contributed by atoms with Gasteiger partial charge in [-0.2, -0.15) is 0 Å². The molecule has 2 aromatic carbocycles. The Morgan fingerprint density at radius 1 is 1.06 bits per heavy atom. The van der Waals surface area contributed by atoms with Crippen LogP contribution in [0.2, 0.25) is 0 Å². The Morgan fingerprint density at radius 2 is 1.78 bits per heavy atom. The van der Waals surface area contributed by atoms with Crippen LogP contribution in [0.5, 0.6) is 0 Å². The molecule has 0 amide bonds. The molecular formula is C15H19I2N. The van der Waals surface area contributed by atoms with Gasteiger partial charge in [0.2, 0.25) is 0 Å². The summed E-state index contributed by atoms with van der Waals surface area (Å²) in [6.45, 7) is 5.57. The molecule has 1 nitrogen and oxygen atoms in total. The van der Waals surface area contributed by atoms with Crippen LogP contribution in [0.15, 0.2) is 42.5 Å². The Morgan fingerprint density at radius 3 is 2.50 bits per heavy atom. The Hall–Kier alpha value is 0.120. The van der Waals surface area contributed by atoms with Gasteiger partial charge in [-0.3, -0.25) is 4.90 Å². The maximum atomic E-state index is 2.49. The Bertz CT molecular complexity index is 479. The van der Waals surface area contributed by atoms with Crippen LogP contribution in [-0.2, 0) is 6.54 Å². The SMILES string of the molecule is CCN(CCI)Cc1cccc2ccccc12.I. The molecule has 0 radical (unpaired) electrons. The molecule has 2 rings (SSSR count). The molecule has 0 N–H and O–H groups in total. The second-order valence-electron chi connectivity index (χ2n) is 4.20. The quantitative estimate of drug-likeness (QED) is 0.455. The fourth-order valence-electron chi connectivity index (χ4n) is 2.14. The van der Waals surface area contributed by atoms with Crippen LogP contribution in [0.3, 0.4) is 0 Å². The lowest BCUT2D eigenvalue weighted by Gasteiger charge is -2.20. The van der Waals surface area contributed by atoms with E-state index in [2.05, 4.69) is 76.9 Å². The average Bonchev–Trinajstić information content (AvgIpc) is 2.38. The fourth-order valence-corrected chi connectivity index (χ4v) is 2.82. The molecule has 3 heteroatoms. The summed E-state index contributed by atoms with van der Waals surface area (Å²) in [6, 6.07) is 15.2. The zero-order valence-corrected chi connectivity index (χ0v) is 15.1. The van der Waals surface area contributed by atoms with E-state index >= 15 is 0 Å². The van der Waals surface area contributed by atoms with Crippen LogP contribution in [0.1, 0.15) is 12.5 Å². The second-order valence-corrected chi connectivity index (χ2v) is 5.27. The zero-order chi connectivity index (χ0) is 12.1. The molecule has 0 saturated carbocycles. The molecule has 0 aliphatic carbocycles. The van der Waals surface area contributed by atoms with Crippen molar-refractivity contribution < 1.29 is 0 Å². The number of rotatable bonds is 5. The summed E-state index contributed by atoms with van der Waals surface area (Å²) in [5.74, 6) is 0. The molecule has 0 fully saturated rings. The van der Waals surface area contributed by atoms with Gasteiger partial charge in [0.25, 0.3) is 0 Å². The molecule has 0 bridgehead atoms. The number of hydrogen-bond acceptors (Lipinski definition) is 1. The summed E-state index contributed by atoms with van der Waals surface area (Å²) < 4.78 is 1.19. The topological polar surface area (TPSA) is 3.24 Å². The first kappa shape index (κ1) is 16.2. The van der Waals surface area contributed by atoms with Crippen LogP contribution >= 0.6 is 46.6 Å². The lowest BCUT2D eigenvalue weighted by atomic mass is 10.0. The monoisotopic (exact) mass is 467 g/mol. The number of nitrogens with zero attached hydrogens (tertiary/aromatic N) is 1. The first-order valence-corrected chi connectivity index (χ1v) is 7.62. The number of halogens is 2.